The van der Waals surface area contributed by atoms with Crippen molar-refractivity contribution >= 4 is 16.8 Å². The summed E-state index contributed by atoms with van der Waals surface area (Å²) in [6, 6.07) is 4.16. The van der Waals surface area contributed by atoms with Crippen LogP contribution in [-0.2, 0) is 13.5 Å². The van der Waals surface area contributed by atoms with Gasteiger partial charge in [0.2, 0.25) is 5.78 Å². The third kappa shape index (κ3) is 2.07. The molecule has 0 saturated heterocycles. The predicted molar refractivity (Wildman–Crippen MR) is 67.7 cm³/mol. The Morgan fingerprint density at radius 1 is 1.45 bits per heavy atom. The Labute approximate surface area is 113 Å². The topological polar surface area (TPSA) is 73.8 Å². The smallest absolute Gasteiger partial charge is 0.206 e. The normalized spacial score (nSPS) is 11.2. The number of tetrazole rings is 1. The van der Waals surface area contributed by atoms with Crippen molar-refractivity contribution in [3.05, 3.63) is 41.2 Å². The molecule has 2 heterocycles. The van der Waals surface area contributed by atoms with Crippen LogP contribution in [0.1, 0.15) is 21.9 Å². The molecule has 0 saturated carbocycles. The van der Waals surface area contributed by atoms with Crippen LogP contribution in [0.4, 0.5) is 4.39 Å². The number of hydrogen-bond donors (Lipinski definition) is 0. The molecule has 102 valence electrons. The fourth-order valence-corrected chi connectivity index (χ4v) is 2.08. The Bertz CT molecular complexity index is 806. The van der Waals surface area contributed by atoms with Crippen LogP contribution in [0.3, 0.4) is 0 Å². The van der Waals surface area contributed by atoms with Crippen molar-refractivity contribution in [2.24, 2.45) is 7.05 Å². The summed E-state index contributed by atoms with van der Waals surface area (Å²) in [4.78, 5) is 13.5. The Morgan fingerprint density at radius 3 is 2.95 bits per heavy atom. The van der Waals surface area contributed by atoms with E-state index in [0.29, 0.717) is 22.4 Å². The molecule has 20 heavy (non-hydrogen) atoms. The zero-order chi connectivity index (χ0) is 14.3. The molecule has 0 bridgehead atoms. The van der Waals surface area contributed by atoms with Gasteiger partial charge in [-0.05, 0) is 30.3 Å². The monoisotopic (exact) mass is 274 g/mol. The first-order valence-corrected chi connectivity index (χ1v) is 5.99. The van der Waals surface area contributed by atoms with Crippen LogP contribution >= 0.6 is 0 Å². The number of Topliss-reactive ketones (excluding diaryl/α,β-unsaturated/α-hetero) is 1. The number of fused-ring (bicyclic) bond motifs is 1. The molecule has 0 unspecified atom stereocenters. The van der Waals surface area contributed by atoms with E-state index in [-0.39, 0.29) is 23.8 Å². The van der Waals surface area contributed by atoms with E-state index in [1.54, 1.807) is 14.0 Å². The van der Waals surface area contributed by atoms with Crippen molar-refractivity contribution in [2.45, 2.75) is 13.3 Å². The van der Waals surface area contributed by atoms with Gasteiger partial charge in [-0.1, -0.05) is 0 Å². The van der Waals surface area contributed by atoms with E-state index in [2.05, 4.69) is 15.4 Å². The maximum absolute atomic E-state index is 13.2. The third-order valence-corrected chi connectivity index (χ3v) is 3.02. The largest absolute Gasteiger partial charge is 0.453 e. The number of rotatable bonds is 3. The number of nitrogens with zero attached hydrogens (tertiary/aromatic N) is 4. The predicted octanol–water partition coefficient (Wildman–Crippen LogP) is 1.83. The van der Waals surface area contributed by atoms with Gasteiger partial charge < -0.3 is 4.42 Å². The van der Waals surface area contributed by atoms with E-state index in [1.165, 1.54) is 23.0 Å². The molecular weight excluding hydrogens is 263 g/mol. The van der Waals surface area contributed by atoms with E-state index in [0.717, 1.165) is 0 Å². The highest BCUT2D eigenvalue weighted by atomic mass is 19.1. The third-order valence-electron chi connectivity index (χ3n) is 3.02. The second-order valence-electron chi connectivity index (χ2n) is 4.49. The molecule has 6 nitrogen and oxygen atoms in total. The second kappa shape index (κ2) is 4.52. The van der Waals surface area contributed by atoms with Gasteiger partial charge in [-0.25, -0.2) is 4.39 Å². The lowest BCUT2D eigenvalue weighted by molar-refractivity contribution is 0.0965. The first-order chi connectivity index (χ1) is 9.54. The molecule has 1 aromatic carbocycles. The molecule has 3 rings (SSSR count). The zero-order valence-corrected chi connectivity index (χ0v) is 10.9. The van der Waals surface area contributed by atoms with Crippen molar-refractivity contribution in [2.75, 3.05) is 0 Å². The molecule has 0 aliphatic heterocycles. The van der Waals surface area contributed by atoms with Gasteiger partial charge in [0.05, 0.1) is 13.5 Å². The van der Waals surface area contributed by atoms with Gasteiger partial charge in [0.15, 0.2) is 11.6 Å². The standard InChI is InChI=1S/C13H11FN4O2/c1-7-9-5-8(14)3-4-11(9)20-13(7)10(19)6-12-15-17-18(2)16-12/h3-5H,6H2,1-2H3. The molecule has 0 spiro atoms. The van der Waals surface area contributed by atoms with Crippen molar-refractivity contribution in [3.8, 4) is 0 Å². The SMILES string of the molecule is Cc1c(C(=O)Cc2nnn(C)n2)oc2ccc(F)cc12. The van der Waals surface area contributed by atoms with Gasteiger partial charge in [-0.2, -0.15) is 4.80 Å². The summed E-state index contributed by atoms with van der Waals surface area (Å²) in [5.74, 6) is -0.0929. The maximum Gasteiger partial charge on any atom is 0.206 e. The number of carbonyl (C=O) groups is 1. The van der Waals surface area contributed by atoms with E-state index in [9.17, 15) is 9.18 Å². The molecule has 3 aromatic rings. The lowest BCUT2D eigenvalue weighted by Crippen LogP contribution is -2.05. The van der Waals surface area contributed by atoms with Crippen LogP contribution in [0.5, 0.6) is 0 Å². The van der Waals surface area contributed by atoms with E-state index in [1.807, 2.05) is 0 Å². The Morgan fingerprint density at radius 2 is 2.25 bits per heavy atom. The average Bonchev–Trinajstić information content (AvgIpc) is 2.94. The lowest BCUT2D eigenvalue weighted by atomic mass is 10.1. The molecule has 0 fully saturated rings. The number of hydrogen-bond acceptors (Lipinski definition) is 5. The quantitative estimate of drug-likeness (QED) is 0.681. The minimum atomic E-state index is -0.365. The summed E-state index contributed by atoms with van der Waals surface area (Å²) in [7, 11) is 1.62. The number of aromatic nitrogens is 4. The van der Waals surface area contributed by atoms with Crippen LogP contribution < -0.4 is 0 Å². The summed E-state index contributed by atoms with van der Waals surface area (Å²) in [5.41, 5.74) is 1.10. The van der Waals surface area contributed by atoms with E-state index >= 15 is 0 Å². The summed E-state index contributed by atoms with van der Waals surface area (Å²) in [6.07, 6.45) is -0.00299. The minimum absolute atomic E-state index is 0.00299. The zero-order valence-electron chi connectivity index (χ0n) is 10.9. The summed E-state index contributed by atoms with van der Waals surface area (Å²) < 4.78 is 18.7. The number of benzene rings is 1. The highest BCUT2D eigenvalue weighted by molar-refractivity contribution is 6.00. The number of aryl methyl sites for hydroxylation is 2. The molecular formula is C13H11FN4O2. The number of halogens is 1. The highest BCUT2D eigenvalue weighted by Gasteiger charge is 2.20. The molecule has 0 aliphatic carbocycles. The number of carbonyl (C=O) groups excluding carboxylic acids is 1. The Balaban J connectivity index is 1.97. The molecule has 2 aromatic heterocycles. The fourth-order valence-electron chi connectivity index (χ4n) is 2.08. The van der Waals surface area contributed by atoms with Gasteiger partial charge in [-0.15, -0.1) is 10.2 Å². The average molecular weight is 274 g/mol. The van der Waals surface area contributed by atoms with E-state index in [4.69, 9.17) is 4.42 Å². The van der Waals surface area contributed by atoms with Crippen molar-refractivity contribution in [1.29, 1.82) is 0 Å². The van der Waals surface area contributed by atoms with Crippen LogP contribution in [0.2, 0.25) is 0 Å². The van der Waals surface area contributed by atoms with Gasteiger partial charge in [0.25, 0.3) is 0 Å². The fraction of sp³-hybridized carbons (Fsp3) is 0.231. The van der Waals surface area contributed by atoms with Crippen LogP contribution in [0.25, 0.3) is 11.0 Å². The minimum Gasteiger partial charge on any atom is -0.453 e. The first kappa shape index (κ1) is 12.5. The second-order valence-corrected chi connectivity index (χ2v) is 4.49. The van der Waals surface area contributed by atoms with Gasteiger partial charge in [0.1, 0.15) is 11.4 Å². The maximum atomic E-state index is 13.2. The van der Waals surface area contributed by atoms with Crippen LogP contribution in [0, 0.1) is 12.7 Å². The number of ketones is 1. The lowest BCUT2D eigenvalue weighted by Gasteiger charge is -1.94. The Kier molecular flexibility index (Phi) is 2.81. The van der Waals surface area contributed by atoms with Gasteiger partial charge in [0, 0.05) is 10.9 Å². The first-order valence-electron chi connectivity index (χ1n) is 5.99. The Hall–Kier alpha value is -2.57. The molecule has 0 amide bonds. The molecule has 0 N–H and O–H groups in total. The molecule has 0 radical (unpaired) electrons. The van der Waals surface area contributed by atoms with Crippen molar-refractivity contribution in [1.82, 2.24) is 20.2 Å². The van der Waals surface area contributed by atoms with Crippen LogP contribution in [0.15, 0.2) is 22.6 Å². The van der Waals surface area contributed by atoms with Crippen LogP contribution in [-0.4, -0.2) is 26.0 Å². The molecule has 0 aliphatic rings. The summed E-state index contributed by atoms with van der Waals surface area (Å²) in [6.45, 7) is 1.72. The number of furan rings is 1. The van der Waals surface area contributed by atoms with Crippen molar-refractivity contribution < 1.29 is 13.6 Å². The summed E-state index contributed by atoms with van der Waals surface area (Å²) in [5, 5.41) is 12.0. The van der Waals surface area contributed by atoms with Crippen molar-refractivity contribution in [3.63, 3.8) is 0 Å². The van der Waals surface area contributed by atoms with E-state index < -0.39 is 0 Å². The van der Waals surface area contributed by atoms with Gasteiger partial charge >= 0.3 is 0 Å². The van der Waals surface area contributed by atoms with Gasteiger partial charge in [-0.3, -0.25) is 4.79 Å². The molecule has 7 heteroatoms. The summed E-state index contributed by atoms with van der Waals surface area (Å²) >= 11 is 0. The highest BCUT2D eigenvalue weighted by Crippen LogP contribution is 2.26. The molecule has 0 atom stereocenters.